The quantitative estimate of drug-likeness (QED) is 0.854. The van der Waals surface area contributed by atoms with E-state index in [1.54, 1.807) is 6.20 Å². The molecule has 0 fully saturated rings. The average Bonchev–Trinajstić information content (AvgIpc) is 2.73. The van der Waals surface area contributed by atoms with Gasteiger partial charge in [0.05, 0.1) is 6.54 Å². The topological polar surface area (TPSA) is 38.1 Å². The Hall–Kier alpha value is -1.61. The Balaban J connectivity index is 1.91. The van der Waals surface area contributed by atoms with Gasteiger partial charge in [0.15, 0.2) is 0 Å². The summed E-state index contributed by atoms with van der Waals surface area (Å²) in [4.78, 5) is 4.10. The first kappa shape index (κ1) is 10.9. The molecule has 2 aromatic heterocycles. The predicted molar refractivity (Wildman–Crippen MR) is 62.9 cm³/mol. The number of nitrogens with one attached hydrogen (secondary N) is 1. The number of rotatable bonds is 4. The monoisotopic (exact) mass is 216 g/mol. The van der Waals surface area contributed by atoms with E-state index in [4.69, 9.17) is 4.42 Å². The number of nitrogens with zero attached hydrogens (tertiary/aromatic N) is 1. The maximum absolute atomic E-state index is 5.49. The molecule has 2 aromatic rings. The molecule has 84 valence electrons. The van der Waals surface area contributed by atoms with Crippen LogP contribution in [0.25, 0.3) is 0 Å². The van der Waals surface area contributed by atoms with Gasteiger partial charge in [0.1, 0.15) is 11.5 Å². The van der Waals surface area contributed by atoms with Crippen LogP contribution in [0.4, 0.5) is 0 Å². The van der Waals surface area contributed by atoms with Crippen molar-refractivity contribution in [2.45, 2.75) is 26.4 Å². The molecule has 0 bridgehead atoms. The molecule has 3 nitrogen and oxygen atoms in total. The van der Waals surface area contributed by atoms with Gasteiger partial charge in [-0.3, -0.25) is 4.98 Å². The maximum atomic E-state index is 5.49. The third-order valence-corrected chi connectivity index (χ3v) is 2.56. The van der Waals surface area contributed by atoms with Crippen LogP contribution in [0, 0.1) is 6.92 Å². The van der Waals surface area contributed by atoms with Crippen LogP contribution in [0.15, 0.2) is 41.1 Å². The molecular formula is C13H16N2O. The van der Waals surface area contributed by atoms with Crippen LogP contribution >= 0.6 is 0 Å². The molecule has 1 N–H and O–H groups in total. The van der Waals surface area contributed by atoms with Crippen LogP contribution in [0.5, 0.6) is 0 Å². The van der Waals surface area contributed by atoms with Crippen molar-refractivity contribution in [3.8, 4) is 0 Å². The van der Waals surface area contributed by atoms with Crippen LogP contribution < -0.4 is 5.32 Å². The molecule has 0 radical (unpaired) electrons. The van der Waals surface area contributed by atoms with Crippen LogP contribution in [0.3, 0.4) is 0 Å². The van der Waals surface area contributed by atoms with Crippen LogP contribution in [0.1, 0.15) is 30.0 Å². The lowest BCUT2D eigenvalue weighted by atomic mass is 10.1. The van der Waals surface area contributed by atoms with E-state index in [1.165, 1.54) is 5.56 Å². The normalized spacial score (nSPS) is 12.6. The minimum absolute atomic E-state index is 0.277. The Labute approximate surface area is 95.5 Å². The van der Waals surface area contributed by atoms with Crippen molar-refractivity contribution in [3.63, 3.8) is 0 Å². The zero-order valence-corrected chi connectivity index (χ0v) is 9.60. The lowest BCUT2D eigenvalue weighted by Gasteiger charge is -2.12. The second-order valence-electron chi connectivity index (χ2n) is 3.90. The van der Waals surface area contributed by atoms with Crippen molar-refractivity contribution in [2.75, 3.05) is 0 Å². The van der Waals surface area contributed by atoms with Crippen molar-refractivity contribution in [1.29, 1.82) is 0 Å². The van der Waals surface area contributed by atoms with Crippen molar-refractivity contribution in [2.24, 2.45) is 0 Å². The third kappa shape index (κ3) is 2.70. The van der Waals surface area contributed by atoms with E-state index in [-0.39, 0.29) is 6.04 Å². The fourth-order valence-corrected chi connectivity index (χ4v) is 1.58. The SMILES string of the molecule is Cc1ccc(CNC(C)c2cccnc2)o1. The molecule has 0 aliphatic heterocycles. The molecule has 1 atom stereocenters. The van der Waals surface area contributed by atoms with E-state index >= 15 is 0 Å². The molecule has 0 aliphatic rings. The van der Waals surface area contributed by atoms with Gasteiger partial charge in [-0.2, -0.15) is 0 Å². The molecule has 0 saturated carbocycles. The first-order chi connectivity index (χ1) is 7.75. The van der Waals surface area contributed by atoms with Gasteiger partial charge >= 0.3 is 0 Å². The van der Waals surface area contributed by atoms with Crippen molar-refractivity contribution in [1.82, 2.24) is 10.3 Å². The van der Waals surface area contributed by atoms with E-state index in [0.29, 0.717) is 0 Å². The molecule has 16 heavy (non-hydrogen) atoms. The molecule has 3 heteroatoms. The van der Waals surface area contributed by atoms with Crippen molar-refractivity contribution in [3.05, 3.63) is 53.7 Å². The lowest BCUT2D eigenvalue weighted by Crippen LogP contribution is -2.17. The minimum atomic E-state index is 0.277. The Bertz CT molecular complexity index is 436. The fourth-order valence-electron chi connectivity index (χ4n) is 1.58. The van der Waals surface area contributed by atoms with Gasteiger partial charge in [0, 0.05) is 18.4 Å². The summed E-state index contributed by atoms with van der Waals surface area (Å²) >= 11 is 0. The lowest BCUT2D eigenvalue weighted by molar-refractivity contribution is 0.444. The van der Waals surface area contributed by atoms with Gasteiger partial charge in [-0.15, -0.1) is 0 Å². The highest BCUT2D eigenvalue weighted by Crippen LogP contribution is 2.12. The zero-order chi connectivity index (χ0) is 11.4. The van der Waals surface area contributed by atoms with Gasteiger partial charge in [0.25, 0.3) is 0 Å². The highest BCUT2D eigenvalue weighted by Gasteiger charge is 2.05. The Kier molecular flexibility index (Phi) is 3.37. The number of hydrogen-bond acceptors (Lipinski definition) is 3. The summed E-state index contributed by atoms with van der Waals surface area (Å²) in [6, 6.07) is 8.27. The number of aromatic nitrogens is 1. The summed E-state index contributed by atoms with van der Waals surface area (Å²) in [5.74, 6) is 1.92. The summed E-state index contributed by atoms with van der Waals surface area (Å²) in [6.45, 7) is 4.81. The average molecular weight is 216 g/mol. The van der Waals surface area contributed by atoms with Gasteiger partial charge in [-0.05, 0) is 37.6 Å². The second-order valence-corrected chi connectivity index (χ2v) is 3.90. The summed E-state index contributed by atoms with van der Waals surface area (Å²) < 4.78 is 5.49. The summed E-state index contributed by atoms with van der Waals surface area (Å²) in [6.07, 6.45) is 3.66. The number of aryl methyl sites for hydroxylation is 1. The van der Waals surface area contributed by atoms with Gasteiger partial charge in [-0.1, -0.05) is 6.07 Å². The van der Waals surface area contributed by atoms with Crippen LogP contribution in [-0.4, -0.2) is 4.98 Å². The fraction of sp³-hybridized carbons (Fsp3) is 0.308. The van der Waals surface area contributed by atoms with E-state index in [1.807, 2.05) is 31.3 Å². The first-order valence-corrected chi connectivity index (χ1v) is 5.44. The largest absolute Gasteiger partial charge is 0.465 e. The summed E-state index contributed by atoms with van der Waals surface area (Å²) in [7, 11) is 0. The third-order valence-electron chi connectivity index (χ3n) is 2.56. The molecule has 2 rings (SSSR count). The Morgan fingerprint density at radius 3 is 2.88 bits per heavy atom. The molecule has 1 unspecified atom stereocenters. The van der Waals surface area contributed by atoms with E-state index in [9.17, 15) is 0 Å². The second kappa shape index (κ2) is 4.94. The molecule has 0 aliphatic carbocycles. The first-order valence-electron chi connectivity index (χ1n) is 5.44. The molecule has 0 aromatic carbocycles. The molecule has 2 heterocycles. The van der Waals surface area contributed by atoms with Crippen LogP contribution in [0.2, 0.25) is 0 Å². The van der Waals surface area contributed by atoms with Gasteiger partial charge < -0.3 is 9.73 Å². The Morgan fingerprint density at radius 1 is 1.38 bits per heavy atom. The van der Waals surface area contributed by atoms with Gasteiger partial charge in [-0.25, -0.2) is 0 Å². The smallest absolute Gasteiger partial charge is 0.117 e. The van der Waals surface area contributed by atoms with Crippen molar-refractivity contribution < 1.29 is 4.42 Å². The van der Waals surface area contributed by atoms with Crippen LogP contribution in [-0.2, 0) is 6.54 Å². The standard InChI is InChI=1S/C13H16N2O/c1-10-5-6-13(16-10)9-15-11(2)12-4-3-7-14-8-12/h3-8,11,15H,9H2,1-2H3. The zero-order valence-electron chi connectivity index (χ0n) is 9.60. The highest BCUT2D eigenvalue weighted by molar-refractivity contribution is 5.13. The molecule has 0 saturated heterocycles. The molecule has 0 amide bonds. The van der Waals surface area contributed by atoms with E-state index < -0.39 is 0 Å². The molecular weight excluding hydrogens is 200 g/mol. The minimum Gasteiger partial charge on any atom is -0.465 e. The van der Waals surface area contributed by atoms with Crippen molar-refractivity contribution >= 4 is 0 Å². The summed E-state index contributed by atoms with van der Waals surface area (Å²) in [5.41, 5.74) is 1.19. The maximum Gasteiger partial charge on any atom is 0.117 e. The molecule has 0 spiro atoms. The number of pyridine rings is 1. The predicted octanol–water partition coefficient (Wildman–Crippen LogP) is 2.83. The van der Waals surface area contributed by atoms with E-state index in [2.05, 4.69) is 23.3 Å². The van der Waals surface area contributed by atoms with Gasteiger partial charge in [0.2, 0.25) is 0 Å². The number of furan rings is 1. The summed E-state index contributed by atoms with van der Waals surface area (Å²) in [5, 5.41) is 3.39. The number of hydrogen-bond donors (Lipinski definition) is 1. The Morgan fingerprint density at radius 2 is 2.25 bits per heavy atom. The van der Waals surface area contributed by atoms with E-state index in [0.717, 1.165) is 18.1 Å². The highest BCUT2D eigenvalue weighted by atomic mass is 16.3.